The van der Waals surface area contributed by atoms with Crippen LogP contribution in [0.1, 0.15) is 62.1 Å². The Morgan fingerprint density at radius 1 is 1.00 bits per heavy atom. The van der Waals surface area contributed by atoms with Crippen LogP contribution in [0, 0.1) is 11.8 Å². The predicted octanol–water partition coefficient (Wildman–Crippen LogP) is 2.29. The Labute approximate surface area is 176 Å². The number of imide groups is 1. The zero-order chi connectivity index (χ0) is 21.1. The molecule has 0 radical (unpaired) electrons. The molecule has 1 saturated carbocycles. The number of hydrogen-bond donors (Lipinski definition) is 1. The Kier molecular flexibility index (Phi) is 6.16. The lowest BCUT2D eigenvalue weighted by Gasteiger charge is -2.26. The van der Waals surface area contributed by atoms with Gasteiger partial charge in [-0.05, 0) is 43.2 Å². The van der Waals surface area contributed by atoms with E-state index in [1.807, 2.05) is 18.2 Å². The fourth-order valence-corrected chi connectivity index (χ4v) is 5.01. The number of ether oxygens (including phenoxy) is 1. The van der Waals surface area contributed by atoms with Gasteiger partial charge in [0.2, 0.25) is 11.8 Å². The maximum atomic E-state index is 12.4. The Hall–Kier alpha value is -2.70. The molecule has 3 amide bonds. The molecular weight excluding hydrogens is 384 g/mol. The van der Waals surface area contributed by atoms with Crippen LogP contribution in [-0.2, 0) is 30.3 Å². The van der Waals surface area contributed by atoms with Crippen LogP contribution in [0.15, 0.2) is 24.3 Å². The molecule has 1 aliphatic heterocycles. The van der Waals surface area contributed by atoms with Crippen LogP contribution in [0.3, 0.4) is 0 Å². The number of aryl methyl sites for hydroxylation is 1. The molecule has 1 saturated heterocycles. The Morgan fingerprint density at radius 3 is 2.43 bits per heavy atom. The van der Waals surface area contributed by atoms with Gasteiger partial charge >= 0.3 is 5.97 Å². The average molecular weight is 412 g/mol. The number of carbonyl (C=O) groups excluding carboxylic acids is 4. The molecule has 2 fully saturated rings. The minimum absolute atomic E-state index is 0.0289. The molecule has 0 aromatic heterocycles. The molecular formula is C23H28N2O5. The zero-order valence-corrected chi connectivity index (χ0v) is 17.1. The van der Waals surface area contributed by atoms with Gasteiger partial charge in [0.05, 0.1) is 24.3 Å². The Bertz CT molecular complexity index is 828. The summed E-state index contributed by atoms with van der Waals surface area (Å²) in [5, 5.41) is 2.94. The van der Waals surface area contributed by atoms with Crippen LogP contribution in [-0.4, -0.2) is 41.7 Å². The van der Waals surface area contributed by atoms with Gasteiger partial charge in [0, 0.05) is 6.54 Å². The van der Waals surface area contributed by atoms with Gasteiger partial charge in [-0.15, -0.1) is 0 Å². The van der Waals surface area contributed by atoms with E-state index in [-0.39, 0.29) is 55.2 Å². The second-order valence-electron chi connectivity index (χ2n) is 8.45. The smallest absolute Gasteiger partial charge is 0.308 e. The molecule has 7 nitrogen and oxygen atoms in total. The number of amides is 3. The quantitative estimate of drug-likeness (QED) is 0.572. The summed E-state index contributed by atoms with van der Waals surface area (Å²) in [5.41, 5.74) is 2.36. The maximum absolute atomic E-state index is 12.4. The van der Waals surface area contributed by atoms with E-state index < -0.39 is 5.97 Å². The minimum atomic E-state index is -0.579. The van der Waals surface area contributed by atoms with Crippen LogP contribution in [0.2, 0.25) is 0 Å². The van der Waals surface area contributed by atoms with E-state index in [4.69, 9.17) is 4.74 Å². The van der Waals surface area contributed by atoms with E-state index in [0.29, 0.717) is 0 Å². The minimum Gasteiger partial charge on any atom is -0.456 e. The highest BCUT2D eigenvalue weighted by Gasteiger charge is 2.47. The highest BCUT2D eigenvalue weighted by atomic mass is 16.5. The number of hydrogen-bond acceptors (Lipinski definition) is 5. The van der Waals surface area contributed by atoms with Crippen molar-refractivity contribution in [2.24, 2.45) is 11.8 Å². The first-order chi connectivity index (χ1) is 14.5. The van der Waals surface area contributed by atoms with Gasteiger partial charge in [0.25, 0.3) is 5.91 Å². The molecule has 0 unspecified atom stereocenters. The Morgan fingerprint density at radius 2 is 1.70 bits per heavy atom. The molecule has 160 valence electrons. The van der Waals surface area contributed by atoms with Crippen LogP contribution < -0.4 is 5.32 Å². The van der Waals surface area contributed by atoms with E-state index in [1.54, 1.807) is 0 Å². The third-order valence-electron chi connectivity index (χ3n) is 6.54. The first kappa shape index (κ1) is 20.6. The number of esters is 1. The molecule has 2 aliphatic carbocycles. The molecule has 1 N–H and O–H groups in total. The van der Waals surface area contributed by atoms with Gasteiger partial charge in [0.1, 0.15) is 0 Å². The van der Waals surface area contributed by atoms with Crippen LogP contribution in [0.5, 0.6) is 0 Å². The monoisotopic (exact) mass is 412 g/mol. The second kappa shape index (κ2) is 8.98. The van der Waals surface area contributed by atoms with Crippen molar-refractivity contribution in [1.29, 1.82) is 0 Å². The number of nitrogens with zero attached hydrogens (tertiary/aromatic N) is 1. The number of fused-ring (bicyclic) bond motifs is 2. The largest absolute Gasteiger partial charge is 0.456 e. The van der Waals surface area contributed by atoms with Crippen LogP contribution in [0.4, 0.5) is 0 Å². The van der Waals surface area contributed by atoms with E-state index in [9.17, 15) is 19.2 Å². The van der Waals surface area contributed by atoms with E-state index in [0.717, 1.165) is 50.5 Å². The van der Waals surface area contributed by atoms with E-state index >= 15 is 0 Å². The van der Waals surface area contributed by atoms with Gasteiger partial charge in [-0.3, -0.25) is 24.1 Å². The van der Waals surface area contributed by atoms with Crippen LogP contribution in [0.25, 0.3) is 0 Å². The second-order valence-corrected chi connectivity index (χ2v) is 8.45. The fraction of sp³-hybridized carbons (Fsp3) is 0.565. The third-order valence-corrected chi connectivity index (χ3v) is 6.54. The molecule has 1 aromatic rings. The number of likely N-dealkylation sites (tertiary alicyclic amines) is 1. The lowest BCUT2D eigenvalue weighted by Crippen LogP contribution is -2.35. The van der Waals surface area contributed by atoms with Crippen molar-refractivity contribution >= 4 is 23.7 Å². The molecule has 0 spiro atoms. The summed E-state index contributed by atoms with van der Waals surface area (Å²) in [6, 6.07) is 7.98. The lowest BCUT2D eigenvalue weighted by atomic mass is 9.81. The van der Waals surface area contributed by atoms with E-state index in [2.05, 4.69) is 11.4 Å². The SMILES string of the molecule is O=C(COC(=O)CCN1C(=O)[C@@H]2CCCC[C@H]2C1=O)N[C@@H]1CCCc2ccccc21. The van der Waals surface area contributed by atoms with Crippen molar-refractivity contribution in [1.82, 2.24) is 10.2 Å². The summed E-state index contributed by atoms with van der Waals surface area (Å²) in [5.74, 6) is -1.68. The number of benzene rings is 1. The molecule has 7 heteroatoms. The third kappa shape index (κ3) is 4.25. The molecule has 1 aromatic carbocycles. The number of carbonyl (C=O) groups is 4. The van der Waals surface area contributed by atoms with Crippen LogP contribution >= 0.6 is 0 Å². The summed E-state index contributed by atoms with van der Waals surface area (Å²) < 4.78 is 5.08. The molecule has 3 aliphatic rings. The molecule has 3 atom stereocenters. The summed E-state index contributed by atoms with van der Waals surface area (Å²) in [7, 11) is 0. The van der Waals surface area contributed by atoms with Gasteiger partial charge in [-0.25, -0.2) is 0 Å². The lowest BCUT2D eigenvalue weighted by molar-refractivity contribution is -0.150. The number of nitrogens with one attached hydrogen (secondary N) is 1. The number of rotatable bonds is 6. The first-order valence-corrected chi connectivity index (χ1v) is 10.9. The fourth-order valence-electron chi connectivity index (χ4n) is 5.01. The van der Waals surface area contributed by atoms with Crippen molar-refractivity contribution in [3.8, 4) is 0 Å². The zero-order valence-electron chi connectivity index (χ0n) is 17.1. The maximum Gasteiger partial charge on any atom is 0.308 e. The first-order valence-electron chi connectivity index (χ1n) is 10.9. The van der Waals surface area contributed by atoms with Crippen molar-refractivity contribution in [3.05, 3.63) is 35.4 Å². The molecule has 30 heavy (non-hydrogen) atoms. The molecule has 0 bridgehead atoms. The van der Waals surface area contributed by atoms with Crippen molar-refractivity contribution in [2.45, 2.75) is 57.4 Å². The highest BCUT2D eigenvalue weighted by Crippen LogP contribution is 2.38. The highest BCUT2D eigenvalue weighted by molar-refractivity contribution is 6.05. The molecule has 4 rings (SSSR count). The topological polar surface area (TPSA) is 92.8 Å². The van der Waals surface area contributed by atoms with Gasteiger partial charge in [-0.2, -0.15) is 0 Å². The van der Waals surface area contributed by atoms with Crippen molar-refractivity contribution in [2.75, 3.05) is 13.2 Å². The van der Waals surface area contributed by atoms with Crippen molar-refractivity contribution < 1.29 is 23.9 Å². The normalized spacial score (nSPS) is 25.5. The summed E-state index contributed by atoms with van der Waals surface area (Å²) in [6.45, 7) is -0.328. The van der Waals surface area contributed by atoms with Gasteiger partial charge in [-0.1, -0.05) is 37.1 Å². The standard InChI is InChI=1S/C23H28N2O5/c26-20(24-19-11-5-7-15-6-1-2-8-16(15)19)14-30-21(27)12-13-25-22(28)17-9-3-4-10-18(17)23(25)29/h1-2,6,8,17-19H,3-5,7,9-14H2,(H,24,26)/t17-,18-,19-/m1/s1. The average Bonchev–Trinajstić information content (AvgIpc) is 3.01. The van der Waals surface area contributed by atoms with Gasteiger partial charge < -0.3 is 10.1 Å². The van der Waals surface area contributed by atoms with Crippen molar-refractivity contribution in [3.63, 3.8) is 0 Å². The Balaban J connectivity index is 1.22. The summed E-state index contributed by atoms with van der Waals surface area (Å²) >= 11 is 0. The summed E-state index contributed by atoms with van der Waals surface area (Å²) in [6.07, 6.45) is 6.22. The molecule has 1 heterocycles. The predicted molar refractivity (Wildman–Crippen MR) is 108 cm³/mol. The van der Waals surface area contributed by atoms with Gasteiger partial charge in [0.15, 0.2) is 6.61 Å². The summed E-state index contributed by atoms with van der Waals surface area (Å²) in [4.78, 5) is 50.4. The van der Waals surface area contributed by atoms with E-state index in [1.165, 1.54) is 10.5 Å².